The Labute approximate surface area is 151 Å². The van der Waals surface area contributed by atoms with Gasteiger partial charge in [0.2, 0.25) is 5.91 Å². The van der Waals surface area contributed by atoms with Gasteiger partial charge in [0.25, 0.3) is 0 Å². The Morgan fingerprint density at radius 3 is 2.46 bits per heavy atom. The molecule has 0 aliphatic carbocycles. The molecule has 2 rings (SSSR count). The molecule has 0 fully saturated rings. The summed E-state index contributed by atoms with van der Waals surface area (Å²) in [6, 6.07) is 14.0. The molecule has 5 heteroatoms. The largest absolute Gasteiger partial charge is 0.324 e. The van der Waals surface area contributed by atoms with Gasteiger partial charge in [-0.1, -0.05) is 29.8 Å². The predicted molar refractivity (Wildman–Crippen MR) is 103 cm³/mol. The van der Waals surface area contributed by atoms with E-state index in [1.165, 1.54) is 33.3 Å². The van der Waals surface area contributed by atoms with Gasteiger partial charge in [0.15, 0.2) is 0 Å². The number of hydrogen-bond acceptors (Lipinski definition) is 4. The zero-order valence-corrected chi connectivity index (χ0v) is 15.7. The van der Waals surface area contributed by atoms with E-state index >= 15 is 0 Å². The standard InChI is InChI=1S/C19H20N2OS2/c1-13-10-14(2)19(15(3)11-13)24-12-18(22)21-16-6-4-5-7-17(16)23-9-8-20/h4-7,10-11H,9,12H2,1-3H3,(H,21,22). The van der Waals surface area contributed by atoms with Crippen molar-refractivity contribution in [3.8, 4) is 6.07 Å². The summed E-state index contributed by atoms with van der Waals surface area (Å²) in [7, 11) is 0. The van der Waals surface area contributed by atoms with Crippen molar-refractivity contribution < 1.29 is 4.79 Å². The van der Waals surface area contributed by atoms with Crippen LogP contribution in [-0.4, -0.2) is 17.4 Å². The Morgan fingerprint density at radius 2 is 1.79 bits per heavy atom. The Balaban J connectivity index is 2.01. The van der Waals surface area contributed by atoms with E-state index in [1.54, 1.807) is 11.8 Å². The van der Waals surface area contributed by atoms with Crippen molar-refractivity contribution in [1.82, 2.24) is 0 Å². The van der Waals surface area contributed by atoms with Gasteiger partial charge >= 0.3 is 0 Å². The van der Waals surface area contributed by atoms with E-state index < -0.39 is 0 Å². The van der Waals surface area contributed by atoms with Crippen molar-refractivity contribution in [2.75, 3.05) is 16.8 Å². The van der Waals surface area contributed by atoms with E-state index in [-0.39, 0.29) is 5.91 Å². The van der Waals surface area contributed by atoms with E-state index in [0.717, 1.165) is 10.6 Å². The molecule has 0 atom stereocenters. The molecule has 124 valence electrons. The van der Waals surface area contributed by atoms with Gasteiger partial charge in [-0.2, -0.15) is 5.26 Å². The first kappa shape index (κ1) is 18.4. The minimum Gasteiger partial charge on any atom is -0.324 e. The highest BCUT2D eigenvalue weighted by Gasteiger charge is 2.10. The number of rotatable bonds is 6. The molecule has 3 nitrogen and oxygen atoms in total. The molecule has 1 N–H and O–H groups in total. The summed E-state index contributed by atoms with van der Waals surface area (Å²) in [6.07, 6.45) is 0. The summed E-state index contributed by atoms with van der Waals surface area (Å²) in [5.74, 6) is 0.690. The number of amides is 1. The van der Waals surface area contributed by atoms with Crippen LogP contribution in [0.3, 0.4) is 0 Å². The summed E-state index contributed by atoms with van der Waals surface area (Å²) in [5.41, 5.74) is 4.41. The Kier molecular flexibility index (Phi) is 6.77. The van der Waals surface area contributed by atoms with Crippen LogP contribution in [0.5, 0.6) is 0 Å². The quantitative estimate of drug-likeness (QED) is 0.743. The summed E-state index contributed by atoms with van der Waals surface area (Å²) in [4.78, 5) is 14.4. The lowest BCUT2D eigenvalue weighted by Crippen LogP contribution is -2.14. The van der Waals surface area contributed by atoms with E-state index in [4.69, 9.17) is 5.26 Å². The second-order valence-electron chi connectivity index (χ2n) is 5.51. The molecule has 2 aromatic rings. The molecule has 0 heterocycles. The third-order valence-corrected chi connectivity index (χ3v) is 5.69. The van der Waals surface area contributed by atoms with Crippen LogP contribution in [-0.2, 0) is 4.79 Å². The average molecular weight is 357 g/mol. The van der Waals surface area contributed by atoms with Gasteiger partial charge in [0.05, 0.1) is 23.3 Å². The fraction of sp³-hybridized carbons (Fsp3) is 0.263. The van der Waals surface area contributed by atoms with Gasteiger partial charge in [-0.15, -0.1) is 23.5 Å². The van der Waals surface area contributed by atoms with E-state index in [1.807, 2.05) is 24.3 Å². The second kappa shape index (κ2) is 8.81. The van der Waals surface area contributed by atoms with Gasteiger partial charge < -0.3 is 5.32 Å². The van der Waals surface area contributed by atoms with Crippen molar-refractivity contribution >= 4 is 35.1 Å². The number of nitrogens with one attached hydrogen (secondary N) is 1. The molecule has 0 saturated carbocycles. The Hall–Kier alpha value is -1.90. The van der Waals surface area contributed by atoms with Gasteiger partial charge in [0, 0.05) is 9.79 Å². The zero-order chi connectivity index (χ0) is 17.5. The first-order chi connectivity index (χ1) is 11.5. The maximum Gasteiger partial charge on any atom is 0.234 e. The van der Waals surface area contributed by atoms with Crippen molar-refractivity contribution in [2.45, 2.75) is 30.6 Å². The molecule has 0 aromatic heterocycles. The van der Waals surface area contributed by atoms with Gasteiger partial charge in [0.1, 0.15) is 0 Å². The highest BCUT2D eigenvalue weighted by Crippen LogP contribution is 2.29. The van der Waals surface area contributed by atoms with Crippen LogP contribution in [0.2, 0.25) is 0 Å². The minimum absolute atomic E-state index is 0.0376. The summed E-state index contributed by atoms with van der Waals surface area (Å²) >= 11 is 2.99. The maximum absolute atomic E-state index is 12.3. The number of para-hydroxylation sites is 1. The van der Waals surface area contributed by atoms with Crippen molar-refractivity contribution in [1.29, 1.82) is 5.26 Å². The minimum atomic E-state index is -0.0376. The Morgan fingerprint density at radius 1 is 1.12 bits per heavy atom. The van der Waals surface area contributed by atoms with Crippen LogP contribution in [0.4, 0.5) is 5.69 Å². The Bertz CT molecular complexity index is 758. The van der Waals surface area contributed by atoms with Gasteiger partial charge in [-0.25, -0.2) is 0 Å². The topological polar surface area (TPSA) is 52.9 Å². The first-order valence-corrected chi connectivity index (χ1v) is 9.57. The van der Waals surface area contributed by atoms with Crippen LogP contribution in [0.1, 0.15) is 16.7 Å². The van der Waals surface area contributed by atoms with Crippen molar-refractivity contribution in [2.24, 2.45) is 0 Å². The second-order valence-corrected chi connectivity index (χ2v) is 7.51. The number of aryl methyl sites for hydroxylation is 3. The zero-order valence-electron chi connectivity index (χ0n) is 14.1. The van der Waals surface area contributed by atoms with Crippen LogP contribution >= 0.6 is 23.5 Å². The van der Waals surface area contributed by atoms with Gasteiger partial charge in [-0.3, -0.25) is 4.79 Å². The molecular weight excluding hydrogens is 336 g/mol. The molecule has 0 bridgehead atoms. The lowest BCUT2D eigenvalue weighted by atomic mass is 10.1. The number of nitrogens with zero attached hydrogens (tertiary/aromatic N) is 1. The highest BCUT2D eigenvalue weighted by molar-refractivity contribution is 8.00. The van der Waals surface area contributed by atoms with E-state index in [2.05, 4.69) is 44.3 Å². The van der Waals surface area contributed by atoms with Crippen molar-refractivity contribution in [3.05, 3.63) is 53.1 Å². The molecular formula is C19H20N2OS2. The van der Waals surface area contributed by atoms with Crippen LogP contribution in [0, 0.1) is 32.1 Å². The fourth-order valence-electron chi connectivity index (χ4n) is 2.52. The third-order valence-electron chi connectivity index (χ3n) is 3.41. The number of nitriles is 1. The molecule has 0 aliphatic rings. The summed E-state index contributed by atoms with van der Waals surface area (Å²) < 4.78 is 0. The molecule has 24 heavy (non-hydrogen) atoms. The van der Waals surface area contributed by atoms with Crippen molar-refractivity contribution in [3.63, 3.8) is 0 Å². The number of carbonyl (C=O) groups is 1. The summed E-state index contributed by atoms with van der Waals surface area (Å²) in [6.45, 7) is 6.24. The van der Waals surface area contributed by atoms with Crippen LogP contribution < -0.4 is 5.32 Å². The lowest BCUT2D eigenvalue weighted by Gasteiger charge is -2.12. The molecule has 0 radical (unpaired) electrons. The van der Waals surface area contributed by atoms with Crippen LogP contribution in [0.15, 0.2) is 46.2 Å². The SMILES string of the molecule is Cc1cc(C)c(SCC(=O)Nc2ccccc2SCC#N)c(C)c1. The predicted octanol–water partition coefficient (Wildman–Crippen LogP) is 4.96. The summed E-state index contributed by atoms with van der Waals surface area (Å²) in [5, 5.41) is 11.7. The normalized spacial score (nSPS) is 10.2. The van der Waals surface area contributed by atoms with E-state index in [9.17, 15) is 4.79 Å². The lowest BCUT2D eigenvalue weighted by molar-refractivity contribution is -0.113. The molecule has 0 unspecified atom stereocenters. The van der Waals surface area contributed by atoms with Crippen LogP contribution in [0.25, 0.3) is 0 Å². The molecule has 0 spiro atoms. The number of hydrogen-bond donors (Lipinski definition) is 1. The third kappa shape index (κ3) is 5.05. The van der Waals surface area contributed by atoms with Gasteiger partial charge in [-0.05, 0) is 44.0 Å². The highest BCUT2D eigenvalue weighted by atomic mass is 32.2. The van der Waals surface area contributed by atoms with E-state index in [0.29, 0.717) is 11.5 Å². The molecule has 1 amide bonds. The number of benzene rings is 2. The average Bonchev–Trinajstić information content (AvgIpc) is 2.53. The molecule has 0 aliphatic heterocycles. The fourth-order valence-corrected chi connectivity index (χ4v) is 4.11. The smallest absolute Gasteiger partial charge is 0.234 e. The maximum atomic E-state index is 12.3. The number of carbonyl (C=O) groups excluding carboxylic acids is 1. The first-order valence-electron chi connectivity index (χ1n) is 7.60. The monoisotopic (exact) mass is 356 g/mol. The molecule has 2 aromatic carbocycles. The number of anilines is 1. The molecule has 0 saturated heterocycles. The number of thioether (sulfide) groups is 2.